The Hall–Kier alpha value is -2.05. The number of ether oxygens (including phenoxy) is 1. The van der Waals surface area contributed by atoms with Crippen LogP contribution in [0.15, 0.2) is 23.5 Å². The lowest BCUT2D eigenvalue weighted by molar-refractivity contribution is -0.149. The smallest absolute Gasteiger partial charge is 0.310 e. The van der Waals surface area contributed by atoms with Crippen molar-refractivity contribution < 1.29 is 9.53 Å². The lowest BCUT2D eigenvalue weighted by atomic mass is 9.98. The molecule has 1 aromatic heterocycles. The number of nitrogens with one attached hydrogen (secondary N) is 1. The maximum atomic E-state index is 12.0. The van der Waals surface area contributed by atoms with Gasteiger partial charge in [0.1, 0.15) is 0 Å². The molecule has 0 aromatic carbocycles. The molecule has 0 saturated carbocycles. The van der Waals surface area contributed by atoms with E-state index in [0.29, 0.717) is 13.2 Å². The minimum atomic E-state index is -0.0864. The maximum absolute atomic E-state index is 12.0. The molecule has 1 atom stereocenters. The van der Waals surface area contributed by atoms with Gasteiger partial charge in [-0.3, -0.25) is 14.5 Å². The average Bonchev–Trinajstić information content (AvgIpc) is 3.11. The Balaban J connectivity index is 1.87. The van der Waals surface area contributed by atoms with Crippen LogP contribution in [0.4, 0.5) is 0 Å². The second kappa shape index (κ2) is 9.95. The lowest BCUT2D eigenvalue weighted by Gasteiger charge is -2.34. The number of aromatic nitrogens is 2. The van der Waals surface area contributed by atoms with Crippen LogP contribution in [0.25, 0.3) is 0 Å². The van der Waals surface area contributed by atoms with E-state index in [1.807, 2.05) is 23.9 Å². The summed E-state index contributed by atoms with van der Waals surface area (Å²) >= 11 is 0. The van der Waals surface area contributed by atoms with Crippen LogP contribution in [0, 0.1) is 5.92 Å². The summed E-state index contributed by atoms with van der Waals surface area (Å²) < 4.78 is 7.09. The Morgan fingerprint density at radius 3 is 3.04 bits per heavy atom. The zero-order valence-corrected chi connectivity index (χ0v) is 14.8. The van der Waals surface area contributed by atoms with Crippen molar-refractivity contribution in [3.63, 3.8) is 0 Å². The Morgan fingerprint density at radius 1 is 1.46 bits per heavy atom. The minimum absolute atomic E-state index is 0.0494. The van der Waals surface area contributed by atoms with Gasteiger partial charge in [0, 0.05) is 45.1 Å². The van der Waals surface area contributed by atoms with Gasteiger partial charge in [-0.25, -0.2) is 0 Å². The molecule has 0 bridgehead atoms. The number of aryl methyl sites for hydroxylation is 1. The predicted molar refractivity (Wildman–Crippen MR) is 93.8 cm³/mol. The Kier molecular flexibility index (Phi) is 7.58. The summed E-state index contributed by atoms with van der Waals surface area (Å²) in [6, 6.07) is 1.93. The van der Waals surface area contributed by atoms with Gasteiger partial charge in [-0.2, -0.15) is 5.10 Å². The number of nitrogens with zero attached hydrogens (tertiary/aromatic N) is 4. The minimum Gasteiger partial charge on any atom is -0.466 e. The molecule has 7 nitrogen and oxygen atoms in total. The van der Waals surface area contributed by atoms with Gasteiger partial charge in [0.2, 0.25) is 0 Å². The molecular weight excluding hydrogens is 306 g/mol. The summed E-state index contributed by atoms with van der Waals surface area (Å²) in [6.07, 6.45) is 6.57. The quantitative estimate of drug-likeness (QED) is 0.354. The van der Waals surface area contributed by atoms with E-state index < -0.39 is 0 Å². The van der Waals surface area contributed by atoms with Crippen LogP contribution in [0.5, 0.6) is 0 Å². The number of hydrogen-bond acceptors (Lipinski definition) is 4. The molecule has 0 spiro atoms. The van der Waals surface area contributed by atoms with Gasteiger partial charge in [-0.05, 0) is 39.2 Å². The number of guanidine groups is 1. The standard InChI is InChI=1S/C17H29N5O2/c1-3-18-17(19-9-6-12-22-13-7-10-20-22)21-11-5-8-15(14-21)16(23)24-4-2/h7,10,13,15H,3-6,8-9,11-12,14H2,1-2H3,(H,18,19). The number of carbonyl (C=O) groups is 1. The lowest BCUT2D eigenvalue weighted by Crippen LogP contribution is -2.48. The summed E-state index contributed by atoms with van der Waals surface area (Å²) in [7, 11) is 0. The fourth-order valence-corrected chi connectivity index (χ4v) is 2.90. The molecule has 0 radical (unpaired) electrons. The first-order chi connectivity index (χ1) is 11.7. The van der Waals surface area contributed by atoms with Crippen molar-refractivity contribution in [2.24, 2.45) is 10.9 Å². The summed E-state index contributed by atoms with van der Waals surface area (Å²) in [5.41, 5.74) is 0. The number of esters is 1. The van der Waals surface area contributed by atoms with Gasteiger partial charge in [-0.1, -0.05) is 0 Å². The van der Waals surface area contributed by atoms with Crippen LogP contribution in [0.3, 0.4) is 0 Å². The number of rotatable bonds is 7. The highest BCUT2D eigenvalue weighted by Gasteiger charge is 2.28. The summed E-state index contributed by atoms with van der Waals surface area (Å²) in [6.45, 7) is 8.39. The maximum Gasteiger partial charge on any atom is 0.310 e. The summed E-state index contributed by atoms with van der Waals surface area (Å²) in [4.78, 5) is 18.9. The van der Waals surface area contributed by atoms with Crippen molar-refractivity contribution in [1.82, 2.24) is 20.0 Å². The zero-order chi connectivity index (χ0) is 17.2. The molecule has 1 fully saturated rings. The van der Waals surface area contributed by atoms with E-state index in [1.54, 1.807) is 6.20 Å². The number of hydrogen-bond donors (Lipinski definition) is 1. The van der Waals surface area contributed by atoms with Gasteiger partial charge >= 0.3 is 5.97 Å². The Labute approximate surface area is 144 Å². The molecular formula is C17H29N5O2. The highest BCUT2D eigenvalue weighted by atomic mass is 16.5. The van der Waals surface area contributed by atoms with Crippen molar-refractivity contribution in [3.05, 3.63) is 18.5 Å². The average molecular weight is 335 g/mol. The molecule has 1 saturated heterocycles. The van der Waals surface area contributed by atoms with E-state index in [0.717, 1.165) is 51.4 Å². The fraction of sp³-hybridized carbons (Fsp3) is 0.706. The first-order valence-corrected chi connectivity index (χ1v) is 8.92. The second-order valence-corrected chi connectivity index (χ2v) is 5.90. The van der Waals surface area contributed by atoms with E-state index in [2.05, 4.69) is 22.2 Å². The second-order valence-electron chi connectivity index (χ2n) is 5.90. The van der Waals surface area contributed by atoms with Crippen LogP contribution in [-0.4, -0.2) is 59.4 Å². The number of carbonyl (C=O) groups excluding carboxylic acids is 1. The summed E-state index contributed by atoms with van der Waals surface area (Å²) in [5.74, 6) is 0.760. The first kappa shape index (κ1) is 18.3. The molecule has 0 aliphatic carbocycles. The molecule has 7 heteroatoms. The van der Waals surface area contributed by atoms with Gasteiger partial charge < -0.3 is 15.0 Å². The molecule has 2 heterocycles. The van der Waals surface area contributed by atoms with E-state index in [4.69, 9.17) is 9.73 Å². The van der Waals surface area contributed by atoms with Crippen LogP contribution in [0.2, 0.25) is 0 Å². The van der Waals surface area contributed by atoms with Crippen LogP contribution < -0.4 is 5.32 Å². The third-order valence-electron chi connectivity index (χ3n) is 4.04. The van der Waals surface area contributed by atoms with Crippen LogP contribution in [-0.2, 0) is 16.1 Å². The normalized spacial score (nSPS) is 18.5. The fourth-order valence-electron chi connectivity index (χ4n) is 2.90. The monoisotopic (exact) mass is 335 g/mol. The SMILES string of the molecule is CCNC(=NCCCn1cccn1)N1CCCC(C(=O)OCC)C1. The number of likely N-dealkylation sites (tertiary alicyclic amines) is 1. The third kappa shape index (κ3) is 5.54. The molecule has 1 N–H and O–H groups in total. The number of aliphatic imine (C=N–C) groups is 1. The Bertz CT molecular complexity index is 515. The van der Waals surface area contributed by atoms with E-state index in [1.165, 1.54) is 0 Å². The van der Waals surface area contributed by atoms with Crippen molar-refractivity contribution >= 4 is 11.9 Å². The zero-order valence-electron chi connectivity index (χ0n) is 14.8. The largest absolute Gasteiger partial charge is 0.466 e. The third-order valence-corrected chi connectivity index (χ3v) is 4.04. The van der Waals surface area contributed by atoms with Gasteiger partial charge in [0.05, 0.1) is 12.5 Å². The molecule has 1 aromatic rings. The van der Waals surface area contributed by atoms with Gasteiger partial charge in [0.25, 0.3) is 0 Å². The first-order valence-electron chi connectivity index (χ1n) is 8.92. The van der Waals surface area contributed by atoms with Crippen molar-refractivity contribution in [3.8, 4) is 0 Å². The summed E-state index contributed by atoms with van der Waals surface area (Å²) in [5, 5.41) is 7.54. The van der Waals surface area contributed by atoms with Gasteiger partial charge in [-0.15, -0.1) is 0 Å². The van der Waals surface area contributed by atoms with Crippen LogP contribution in [0.1, 0.15) is 33.1 Å². The van der Waals surface area contributed by atoms with Crippen molar-refractivity contribution in [2.75, 3.05) is 32.8 Å². The predicted octanol–water partition coefficient (Wildman–Crippen LogP) is 1.51. The molecule has 1 aliphatic heterocycles. The van der Waals surface area contributed by atoms with Crippen molar-refractivity contribution in [1.29, 1.82) is 0 Å². The topological polar surface area (TPSA) is 71.8 Å². The molecule has 1 unspecified atom stereocenters. The molecule has 24 heavy (non-hydrogen) atoms. The van der Waals surface area contributed by atoms with Crippen molar-refractivity contribution in [2.45, 2.75) is 39.7 Å². The van der Waals surface area contributed by atoms with E-state index in [-0.39, 0.29) is 11.9 Å². The molecule has 2 rings (SSSR count). The highest BCUT2D eigenvalue weighted by molar-refractivity contribution is 5.81. The van der Waals surface area contributed by atoms with Gasteiger partial charge in [0.15, 0.2) is 5.96 Å². The molecule has 0 amide bonds. The van der Waals surface area contributed by atoms with Crippen LogP contribution >= 0.6 is 0 Å². The van der Waals surface area contributed by atoms with E-state index in [9.17, 15) is 4.79 Å². The Morgan fingerprint density at radius 2 is 2.33 bits per heavy atom. The van der Waals surface area contributed by atoms with E-state index >= 15 is 0 Å². The molecule has 134 valence electrons. The molecule has 1 aliphatic rings. The number of piperidine rings is 1. The highest BCUT2D eigenvalue weighted by Crippen LogP contribution is 2.18.